The first kappa shape index (κ1) is 14.7. The smallest absolute Gasteiger partial charge is 0.201 e. The van der Waals surface area contributed by atoms with Crippen LogP contribution < -0.4 is 5.73 Å². The van der Waals surface area contributed by atoms with Crippen LogP contribution in [0.3, 0.4) is 0 Å². The fourth-order valence-corrected chi connectivity index (χ4v) is 5.72. The molecule has 4 heterocycles. The van der Waals surface area contributed by atoms with Gasteiger partial charge in [-0.2, -0.15) is 0 Å². The Bertz CT molecular complexity index is 438. The molecule has 0 radical (unpaired) electrons. The first-order valence-corrected chi connectivity index (χ1v) is 9.27. The monoisotopic (exact) mass is 315 g/mol. The molecule has 8 atom stereocenters. The van der Waals surface area contributed by atoms with Crippen molar-refractivity contribution in [1.82, 2.24) is 0 Å². The van der Waals surface area contributed by atoms with E-state index in [1.54, 1.807) is 11.8 Å². The number of hydrogen-bond donors (Lipinski definition) is 1. The van der Waals surface area contributed by atoms with Gasteiger partial charge >= 0.3 is 0 Å². The van der Waals surface area contributed by atoms with Crippen LogP contribution in [0.5, 0.6) is 0 Å². The zero-order valence-electron chi connectivity index (χ0n) is 12.9. The predicted molar refractivity (Wildman–Crippen MR) is 79.2 cm³/mol. The number of nitrogens with two attached hydrogens (primary N) is 1. The summed E-state index contributed by atoms with van der Waals surface area (Å²) >= 11 is 1.75. The predicted octanol–water partition coefficient (Wildman–Crippen LogP) is 2.25. The maximum atomic E-state index is 6.45. The molecule has 1 spiro atoms. The molecule has 5 fully saturated rings. The lowest BCUT2D eigenvalue weighted by atomic mass is 9.60. The van der Waals surface area contributed by atoms with Gasteiger partial charge in [0.2, 0.25) is 5.79 Å². The van der Waals surface area contributed by atoms with Crippen molar-refractivity contribution in [2.45, 2.75) is 68.7 Å². The van der Waals surface area contributed by atoms with Gasteiger partial charge in [0, 0.05) is 24.3 Å². The zero-order valence-corrected chi connectivity index (χ0v) is 13.7. The van der Waals surface area contributed by atoms with Gasteiger partial charge in [0.15, 0.2) is 11.9 Å². The lowest BCUT2D eigenvalue weighted by molar-refractivity contribution is -0.567. The van der Waals surface area contributed by atoms with Crippen molar-refractivity contribution >= 4 is 11.8 Å². The van der Waals surface area contributed by atoms with E-state index in [1.807, 2.05) is 6.92 Å². The quantitative estimate of drug-likeness (QED) is 0.749. The van der Waals surface area contributed by atoms with E-state index in [0.717, 1.165) is 25.7 Å². The fourth-order valence-electron chi connectivity index (χ4n) is 4.89. The molecule has 2 N–H and O–H groups in total. The van der Waals surface area contributed by atoms with Gasteiger partial charge in [0.25, 0.3) is 0 Å². The largest absolute Gasteiger partial charge is 0.335 e. The van der Waals surface area contributed by atoms with E-state index in [9.17, 15) is 0 Å². The van der Waals surface area contributed by atoms with Crippen LogP contribution in [0.25, 0.3) is 0 Å². The summed E-state index contributed by atoms with van der Waals surface area (Å²) in [7, 11) is 0. The molecule has 0 aromatic carbocycles. The second kappa shape index (κ2) is 4.82. The van der Waals surface area contributed by atoms with Crippen LogP contribution in [-0.2, 0) is 19.2 Å². The average Bonchev–Trinajstić information content (AvgIpc) is 2.69. The first-order valence-electron chi connectivity index (χ1n) is 7.99. The zero-order chi connectivity index (χ0) is 14.8. The van der Waals surface area contributed by atoms with Gasteiger partial charge in [-0.1, -0.05) is 6.92 Å². The number of rotatable bonds is 1. The minimum Gasteiger partial charge on any atom is -0.335 e. The van der Waals surface area contributed by atoms with E-state index < -0.39 is 11.4 Å². The van der Waals surface area contributed by atoms with E-state index >= 15 is 0 Å². The molecule has 4 aliphatic heterocycles. The standard InChI is InChI=1S/C15H25NO4S/c1-8-9-4-5-11(16)10-6-7-14(2)18-13(17-12(8)21-3)15(9,10)20-19-14/h8-13H,4-7,16H2,1-3H3/t8-,9+,10+,11-,12+,13-,14-,15+/m1/s1. The van der Waals surface area contributed by atoms with Crippen LogP contribution in [0.2, 0.25) is 0 Å². The lowest BCUT2D eigenvalue weighted by Crippen LogP contribution is -2.71. The summed E-state index contributed by atoms with van der Waals surface area (Å²) in [6, 6.07) is 0.137. The van der Waals surface area contributed by atoms with Crippen molar-refractivity contribution in [1.29, 1.82) is 0 Å². The Morgan fingerprint density at radius 3 is 2.71 bits per heavy atom. The van der Waals surface area contributed by atoms with Gasteiger partial charge in [-0.3, -0.25) is 0 Å². The Balaban J connectivity index is 1.79. The van der Waals surface area contributed by atoms with Gasteiger partial charge < -0.3 is 15.2 Å². The van der Waals surface area contributed by atoms with Crippen LogP contribution in [0.15, 0.2) is 0 Å². The summed E-state index contributed by atoms with van der Waals surface area (Å²) in [4.78, 5) is 11.7. The van der Waals surface area contributed by atoms with Gasteiger partial charge in [-0.15, -0.1) is 11.8 Å². The SMILES string of the molecule is CS[C@@H]1O[C@@H]2O[C@@]3(C)CC[C@H]4[C@H](N)CC[C@@H]([C@H]1C)[C@@]24OO3. The van der Waals surface area contributed by atoms with Crippen molar-refractivity contribution in [3.8, 4) is 0 Å². The third kappa shape index (κ3) is 1.90. The summed E-state index contributed by atoms with van der Waals surface area (Å²) in [5.74, 6) is 0.319. The Labute approximate surface area is 130 Å². The van der Waals surface area contributed by atoms with Crippen molar-refractivity contribution in [3.63, 3.8) is 0 Å². The topological polar surface area (TPSA) is 62.9 Å². The molecule has 4 saturated heterocycles. The second-order valence-corrected chi connectivity index (χ2v) is 8.13. The molecule has 6 heteroatoms. The molecule has 0 aromatic rings. The van der Waals surface area contributed by atoms with Crippen molar-refractivity contribution in [2.24, 2.45) is 23.5 Å². The summed E-state index contributed by atoms with van der Waals surface area (Å²) in [6.45, 7) is 4.19. The summed E-state index contributed by atoms with van der Waals surface area (Å²) in [5, 5.41) is 0. The van der Waals surface area contributed by atoms with E-state index in [4.69, 9.17) is 25.0 Å². The van der Waals surface area contributed by atoms with Crippen LogP contribution >= 0.6 is 11.8 Å². The highest BCUT2D eigenvalue weighted by atomic mass is 32.2. The number of thioether (sulfide) groups is 1. The van der Waals surface area contributed by atoms with E-state index in [1.165, 1.54) is 0 Å². The molecule has 5 aliphatic rings. The van der Waals surface area contributed by atoms with E-state index in [-0.39, 0.29) is 23.7 Å². The molecule has 0 unspecified atom stereocenters. The van der Waals surface area contributed by atoms with Crippen LogP contribution in [0.4, 0.5) is 0 Å². The van der Waals surface area contributed by atoms with Gasteiger partial charge in [0.05, 0.1) is 0 Å². The summed E-state index contributed by atoms with van der Waals surface area (Å²) < 4.78 is 12.5. The molecule has 5 rings (SSSR count). The van der Waals surface area contributed by atoms with Crippen molar-refractivity contribution in [3.05, 3.63) is 0 Å². The van der Waals surface area contributed by atoms with Crippen LogP contribution in [-0.4, -0.2) is 35.4 Å². The Morgan fingerprint density at radius 2 is 1.95 bits per heavy atom. The fraction of sp³-hybridized carbons (Fsp3) is 1.00. The molecule has 5 nitrogen and oxygen atoms in total. The third-order valence-electron chi connectivity index (χ3n) is 6.04. The Morgan fingerprint density at radius 1 is 1.14 bits per heavy atom. The van der Waals surface area contributed by atoms with Crippen LogP contribution in [0.1, 0.15) is 39.5 Å². The lowest BCUT2D eigenvalue weighted by Gasteiger charge is -2.60. The minimum atomic E-state index is -0.707. The van der Waals surface area contributed by atoms with E-state index in [0.29, 0.717) is 11.8 Å². The summed E-state index contributed by atoms with van der Waals surface area (Å²) in [6.07, 6.45) is 5.62. The molecule has 1 aliphatic carbocycles. The molecule has 21 heavy (non-hydrogen) atoms. The minimum absolute atomic E-state index is 0.137. The molecule has 0 aromatic heterocycles. The summed E-state index contributed by atoms with van der Waals surface area (Å²) in [5.41, 5.74) is 6.06. The molecule has 0 amide bonds. The maximum absolute atomic E-state index is 6.45. The Kier molecular flexibility index (Phi) is 3.38. The molecule has 2 bridgehead atoms. The highest BCUT2D eigenvalue weighted by Crippen LogP contribution is 2.59. The van der Waals surface area contributed by atoms with Crippen LogP contribution in [0, 0.1) is 17.8 Å². The van der Waals surface area contributed by atoms with Gasteiger partial charge in [-0.25, -0.2) is 9.78 Å². The highest BCUT2D eigenvalue weighted by molar-refractivity contribution is 7.99. The molecular formula is C15H25NO4S. The van der Waals surface area contributed by atoms with Gasteiger partial charge in [0.1, 0.15) is 5.44 Å². The highest BCUT2D eigenvalue weighted by Gasteiger charge is 2.69. The van der Waals surface area contributed by atoms with Gasteiger partial charge in [-0.05, 0) is 38.4 Å². The first-order chi connectivity index (χ1) is 10.00. The molecular weight excluding hydrogens is 290 g/mol. The van der Waals surface area contributed by atoms with Crippen molar-refractivity contribution in [2.75, 3.05) is 6.26 Å². The number of hydrogen-bond acceptors (Lipinski definition) is 6. The number of fused-ring (bicyclic) bond motifs is 2. The Hall–Kier alpha value is 0.150. The third-order valence-corrected chi connectivity index (χ3v) is 7.04. The maximum Gasteiger partial charge on any atom is 0.201 e. The second-order valence-electron chi connectivity index (χ2n) is 7.20. The van der Waals surface area contributed by atoms with Crippen molar-refractivity contribution < 1.29 is 19.2 Å². The molecule has 120 valence electrons. The average molecular weight is 315 g/mol. The molecule has 1 saturated carbocycles. The normalized spacial score (nSPS) is 59.4. The number of ether oxygens (including phenoxy) is 2. The van der Waals surface area contributed by atoms with E-state index in [2.05, 4.69) is 13.2 Å².